The minimum absolute atomic E-state index is 0.0260. The summed E-state index contributed by atoms with van der Waals surface area (Å²) < 4.78 is 24.4. The summed E-state index contributed by atoms with van der Waals surface area (Å²) in [5, 5.41) is 22.2. The molecule has 0 aromatic carbocycles. The summed E-state index contributed by atoms with van der Waals surface area (Å²) in [7, 11) is 1.49. The van der Waals surface area contributed by atoms with Crippen molar-refractivity contribution in [2.24, 2.45) is 29.6 Å². The molecule has 2 aliphatic heterocycles. The highest BCUT2D eigenvalue weighted by Crippen LogP contribution is 2.63. The van der Waals surface area contributed by atoms with Crippen LogP contribution in [0.4, 0.5) is 0 Å². The molecule has 37 heavy (non-hydrogen) atoms. The van der Waals surface area contributed by atoms with Gasteiger partial charge in [-0.15, -0.1) is 0 Å². The van der Waals surface area contributed by atoms with Crippen molar-refractivity contribution >= 4 is 11.9 Å². The lowest BCUT2D eigenvalue weighted by Crippen LogP contribution is -2.58. The van der Waals surface area contributed by atoms with Crippen LogP contribution in [0.5, 0.6) is 0 Å². The molecule has 204 valence electrons. The van der Waals surface area contributed by atoms with Gasteiger partial charge in [-0.2, -0.15) is 0 Å². The van der Waals surface area contributed by atoms with Crippen LogP contribution in [0.15, 0.2) is 35.5 Å². The Balaban J connectivity index is 1.55. The average Bonchev–Trinajstić information content (AvgIpc) is 3.46. The fraction of sp³-hybridized carbons (Fsp3) is 0.724. The molecular formula is C29H40O8. The first-order valence-corrected chi connectivity index (χ1v) is 13.6. The van der Waals surface area contributed by atoms with Gasteiger partial charge in [0.25, 0.3) is 0 Å². The first-order chi connectivity index (χ1) is 17.6. The Morgan fingerprint density at radius 1 is 1.27 bits per heavy atom. The zero-order chi connectivity index (χ0) is 26.6. The van der Waals surface area contributed by atoms with Gasteiger partial charge in [-0.1, -0.05) is 38.2 Å². The smallest absolute Gasteiger partial charge is 0.335 e. The van der Waals surface area contributed by atoms with Crippen LogP contribution in [0.3, 0.4) is 0 Å². The molecule has 3 fully saturated rings. The highest BCUT2D eigenvalue weighted by Gasteiger charge is 2.70. The normalized spacial score (nSPS) is 47.3. The molecule has 1 spiro atoms. The van der Waals surface area contributed by atoms with Gasteiger partial charge < -0.3 is 29.2 Å². The van der Waals surface area contributed by atoms with Crippen LogP contribution in [-0.4, -0.2) is 71.5 Å². The van der Waals surface area contributed by atoms with Crippen LogP contribution in [0.1, 0.15) is 53.4 Å². The van der Waals surface area contributed by atoms with Crippen molar-refractivity contribution in [3.8, 4) is 0 Å². The summed E-state index contributed by atoms with van der Waals surface area (Å²) in [5.74, 6) is -1.72. The van der Waals surface area contributed by atoms with E-state index in [0.29, 0.717) is 18.4 Å². The third kappa shape index (κ3) is 4.20. The zero-order valence-electron chi connectivity index (χ0n) is 22.3. The van der Waals surface area contributed by atoms with Crippen molar-refractivity contribution in [1.29, 1.82) is 0 Å². The first kappa shape index (κ1) is 26.6. The number of methoxy groups -OCH3 is 1. The molecule has 3 aliphatic carbocycles. The quantitative estimate of drug-likeness (QED) is 0.434. The lowest BCUT2D eigenvalue weighted by atomic mass is 9.55. The van der Waals surface area contributed by atoms with Gasteiger partial charge in [-0.25, -0.2) is 9.59 Å². The summed E-state index contributed by atoms with van der Waals surface area (Å²) in [6.45, 7) is 7.48. The van der Waals surface area contributed by atoms with Crippen LogP contribution >= 0.6 is 0 Å². The summed E-state index contributed by atoms with van der Waals surface area (Å²) in [6, 6.07) is 0. The summed E-state index contributed by atoms with van der Waals surface area (Å²) in [4.78, 5) is 26.0. The summed E-state index contributed by atoms with van der Waals surface area (Å²) >= 11 is 0. The molecular weight excluding hydrogens is 476 g/mol. The number of aliphatic hydroxyl groups excluding tert-OH is 2. The SMILES string of the molecule is CO[C@H]1C[C@H]2CC[C@H]3[C@H]4O[C@]2(/C(C)=C/[C@@H](C)[C@@H]([C@@H](C)O)OC1=O)[C@@H]3[C@H](O)[C@@H](C)[C@H]4OC(=O)C1=CC=CC1. The summed E-state index contributed by atoms with van der Waals surface area (Å²) in [6.07, 6.45) is 5.99. The maximum absolute atomic E-state index is 13.1. The minimum atomic E-state index is -0.871. The molecule has 0 unspecified atom stereocenters. The number of ether oxygens (including phenoxy) is 4. The van der Waals surface area contributed by atoms with E-state index in [0.717, 1.165) is 18.4 Å². The van der Waals surface area contributed by atoms with Crippen LogP contribution in [-0.2, 0) is 28.5 Å². The van der Waals surface area contributed by atoms with E-state index >= 15 is 0 Å². The van der Waals surface area contributed by atoms with E-state index in [1.165, 1.54) is 7.11 Å². The van der Waals surface area contributed by atoms with E-state index in [2.05, 4.69) is 0 Å². The van der Waals surface area contributed by atoms with E-state index in [1.54, 1.807) is 13.0 Å². The molecule has 0 radical (unpaired) electrons. The number of aliphatic hydroxyl groups is 2. The van der Waals surface area contributed by atoms with Crippen LogP contribution in [0.2, 0.25) is 0 Å². The number of allylic oxidation sites excluding steroid dienone is 3. The van der Waals surface area contributed by atoms with Gasteiger partial charge in [0.05, 0.1) is 23.9 Å². The van der Waals surface area contributed by atoms with Crippen molar-refractivity contribution < 1.29 is 38.7 Å². The number of esters is 2. The zero-order valence-corrected chi connectivity index (χ0v) is 22.3. The second-order valence-corrected chi connectivity index (χ2v) is 11.7. The van der Waals surface area contributed by atoms with Crippen molar-refractivity contribution in [3.05, 3.63) is 35.5 Å². The lowest BCUT2D eigenvalue weighted by Gasteiger charge is -2.51. The highest BCUT2D eigenvalue weighted by molar-refractivity contribution is 5.90. The molecule has 0 amide bonds. The monoisotopic (exact) mass is 516 g/mol. The fourth-order valence-electron chi connectivity index (χ4n) is 7.84. The molecule has 2 heterocycles. The van der Waals surface area contributed by atoms with Crippen LogP contribution < -0.4 is 0 Å². The topological polar surface area (TPSA) is 112 Å². The maximum atomic E-state index is 13.1. The number of hydrogen-bond acceptors (Lipinski definition) is 8. The third-order valence-corrected chi connectivity index (χ3v) is 9.61. The van der Waals surface area contributed by atoms with Crippen molar-refractivity contribution in [2.75, 3.05) is 7.11 Å². The number of carbonyl (C=O) groups excluding carboxylic acids is 2. The molecule has 5 rings (SSSR count). The van der Waals surface area contributed by atoms with Gasteiger partial charge in [0.1, 0.15) is 12.2 Å². The Morgan fingerprint density at radius 2 is 2.03 bits per heavy atom. The van der Waals surface area contributed by atoms with E-state index in [4.69, 9.17) is 18.9 Å². The van der Waals surface area contributed by atoms with E-state index in [-0.39, 0.29) is 41.7 Å². The van der Waals surface area contributed by atoms with Crippen molar-refractivity contribution in [1.82, 2.24) is 0 Å². The Kier molecular flexibility index (Phi) is 7.15. The molecule has 12 atom stereocenters. The third-order valence-electron chi connectivity index (χ3n) is 9.61. The molecule has 8 heteroatoms. The van der Waals surface area contributed by atoms with Gasteiger partial charge in [0.15, 0.2) is 6.10 Å². The maximum Gasteiger partial charge on any atom is 0.335 e. The molecule has 2 saturated carbocycles. The second-order valence-electron chi connectivity index (χ2n) is 11.7. The number of rotatable bonds is 4. The van der Waals surface area contributed by atoms with Crippen molar-refractivity contribution in [3.63, 3.8) is 0 Å². The molecule has 2 N–H and O–H groups in total. The molecule has 0 aromatic rings. The number of carbonyl (C=O) groups is 2. The van der Waals surface area contributed by atoms with Gasteiger partial charge in [-0.05, 0) is 56.9 Å². The summed E-state index contributed by atoms with van der Waals surface area (Å²) in [5.41, 5.74) is 0.735. The van der Waals surface area contributed by atoms with Gasteiger partial charge in [0.2, 0.25) is 0 Å². The Labute approximate surface area is 218 Å². The Bertz CT molecular complexity index is 1010. The number of hydrogen-bond donors (Lipinski definition) is 2. The molecule has 0 aromatic heterocycles. The van der Waals surface area contributed by atoms with E-state index in [9.17, 15) is 19.8 Å². The van der Waals surface area contributed by atoms with Gasteiger partial charge in [-0.3, -0.25) is 0 Å². The Morgan fingerprint density at radius 3 is 2.68 bits per heavy atom. The molecule has 8 nitrogen and oxygen atoms in total. The molecule has 5 aliphatic rings. The van der Waals surface area contributed by atoms with E-state index < -0.39 is 42.1 Å². The minimum Gasteiger partial charge on any atom is -0.457 e. The molecule has 1 saturated heterocycles. The molecule has 4 bridgehead atoms. The van der Waals surface area contributed by atoms with Crippen LogP contribution in [0, 0.1) is 29.6 Å². The van der Waals surface area contributed by atoms with Gasteiger partial charge >= 0.3 is 11.9 Å². The standard InChI is InChI=1S/C29H40O8/c1-14-12-15(2)29-19(13-21(34-5)28(33)35-24(14)17(4)30)10-11-20-22(29)23(31)16(3)25(26(20)37-29)36-27(32)18-8-6-7-9-18/h6-8,12,14,16-17,19-26,30-31H,9-11,13H2,1-5H3/b15-12+/t14-,16-,17-,19-,20-,21+,22+,23-,24+,25-,26-,29+/m1/s1. The fourth-order valence-corrected chi connectivity index (χ4v) is 7.84. The average molecular weight is 517 g/mol. The first-order valence-electron chi connectivity index (χ1n) is 13.6. The predicted molar refractivity (Wildman–Crippen MR) is 134 cm³/mol. The van der Waals surface area contributed by atoms with Crippen LogP contribution in [0.25, 0.3) is 0 Å². The predicted octanol–water partition coefficient (Wildman–Crippen LogP) is 2.87. The number of cyclic esters (lactones) is 1. The Hall–Kier alpha value is -2.00. The lowest BCUT2D eigenvalue weighted by molar-refractivity contribution is -0.174. The second kappa shape index (κ2) is 9.95. The van der Waals surface area contributed by atoms with Gasteiger partial charge in [0, 0.05) is 30.4 Å². The largest absolute Gasteiger partial charge is 0.457 e. The van der Waals surface area contributed by atoms with Crippen molar-refractivity contribution in [2.45, 2.75) is 95.6 Å². The highest BCUT2D eigenvalue weighted by atomic mass is 16.6. The van der Waals surface area contributed by atoms with E-state index in [1.807, 2.05) is 39.0 Å².